The number of phenols is 1. The van der Waals surface area contributed by atoms with Gasteiger partial charge in [-0.3, -0.25) is 5.10 Å². The van der Waals surface area contributed by atoms with E-state index < -0.39 is 5.82 Å². The third-order valence-electron chi connectivity index (χ3n) is 6.10. The average Bonchev–Trinajstić information content (AvgIpc) is 3.21. The van der Waals surface area contributed by atoms with Crippen LogP contribution in [-0.2, 0) is 6.42 Å². The number of H-pyrrole nitrogens is 1. The van der Waals surface area contributed by atoms with Crippen molar-refractivity contribution in [3.63, 3.8) is 0 Å². The second kappa shape index (κ2) is 9.67. The topological polar surface area (TPSA) is 101 Å². The highest BCUT2D eigenvalue weighted by atomic mass is 35.5. The minimum absolute atomic E-state index is 0. The first-order chi connectivity index (χ1) is 16.0. The number of aromatic nitrogens is 3. The summed E-state index contributed by atoms with van der Waals surface area (Å²) in [7, 11) is 0. The van der Waals surface area contributed by atoms with E-state index in [1.807, 2.05) is 19.1 Å². The molecule has 0 amide bonds. The number of halogens is 2. The summed E-state index contributed by atoms with van der Waals surface area (Å²) in [5, 5.41) is 31.1. The number of nitriles is 1. The molecule has 0 unspecified atom stereocenters. The van der Waals surface area contributed by atoms with Crippen LogP contribution in [0.4, 0.5) is 10.1 Å². The molecule has 4 aromatic rings. The third kappa shape index (κ3) is 4.28. The van der Waals surface area contributed by atoms with Crippen molar-refractivity contribution in [1.29, 1.82) is 5.26 Å². The van der Waals surface area contributed by atoms with Crippen LogP contribution in [0.25, 0.3) is 22.2 Å². The molecule has 2 aromatic heterocycles. The van der Waals surface area contributed by atoms with Crippen molar-refractivity contribution >= 4 is 29.1 Å². The van der Waals surface area contributed by atoms with E-state index in [0.717, 1.165) is 60.1 Å². The van der Waals surface area contributed by atoms with Crippen molar-refractivity contribution in [3.8, 4) is 22.9 Å². The van der Waals surface area contributed by atoms with Gasteiger partial charge in [-0.15, -0.1) is 12.4 Å². The molecule has 174 valence electrons. The lowest BCUT2D eigenvalue weighted by Crippen LogP contribution is -2.43. The number of fused-ring (bicyclic) bond motifs is 1. The zero-order chi connectivity index (χ0) is 22.9. The predicted octanol–water partition coefficient (Wildman–Crippen LogP) is 4.07. The highest BCUT2D eigenvalue weighted by Gasteiger charge is 2.21. The van der Waals surface area contributed by atoms with E-state index >= 15 is 0 Å². The van der Waals surface area contributed by atoms with Gasteiger partial charge in [0.05, 0.1) is 16.6 Å². The molecule has 5 rings (SSSR count). The molecule has 0 bridgehead atoms. The van der Waals surface area contributed by atoms with Crippen LogP contribution in [0.1, 0.15) is 22.5 Å². The SMILES string of the molecule is Cc1[nH]nc2nc(Cc3ccc(O)cc3F)c(C#N)c(-c3ccc(N4CCNCC4)cc3)c12.Cl. The molecular weight excluding hydrogens is 455 g/mol. The first-order valence-electron chi connectivity index (χ1n) is 10.9. The van der Waals surface area contributed by atoms with Crippen molar-refractivity contribution < 1.29 is 9.50 Å². The normalized spacial score (nSPS) is 13.5. The minimum Gasteiger partial charge on any atom is -0.508 e. The number of pyridine rings is 1. The Morgan fingerprint density at radius 1 is 1.15 bits per heavy atom. The number of piperazine rings is 1. The Hall–Kier alpha value is -3.67. The first kappa shape index (κ1) is 23.5. The van der Waals surface area contributed by atoms with Gasteiger partial charge in [0.1, 0.15) is 17.6 Å². The number of aromatic amines is 1. The lowest BCUT2D eigenvalue weighted by Gasteiger charge is -2.29. The van der Waals surface area contributed by atoms with Crippen LogP contribution in [0.5, 0.6) is 5.75 Å². The van der Waals surface area contributed by atoms with Gasteiger partial charge in [-0.05, 0) is 36.2 Å². The molecule has 34 heavy (non-hydrogen) atoms. The molecule has 9 heteroatoms. The van der Waals surface area contributed by atoms with Crippen LogP contribution in [0.3, 0.4) is 0 Å². The van der Waals surface area contributed by atoms with Gasteiger partial charge in [0.25, 0.3) is 0 Å². The summed E-state index contributed by atoms with van der Waals surface area (Å²) in [6.07, 6.45) is 0.114. The fourth-order valence-corrected chi connectivity index (χ4v) is 4.41. The molecular formula is C25H24ClFN6O. The van der Waals surface area contributed by atoms with E-state index in [0.29, 0.717) is 22.5 Å². The maximum Gasteiger partial charge on any atom is 0.182 e. The van der Waals surface area contributed by atoms with Gasteiger partial charge >= 0.3 is 0 Å². The maximum absolute atomic E-state index is 14.4. The van der Waals surface area contributed by atoms with Crippen LogP contribution in [0, 0.1) is 24.1 Å². The molecule has 0 spiro atoms. The Kier molecular flexibility index (Phi) is 6.68. The number of aromatic hydroxyl groups is 1. The summed E-state index contributed by atoms with van der Waals surface area (Å²) in [6.45, 7) is 5.71. The van der Waals surface area contributed by atoms with Crippen molar-refractivity contribution in [2.45, 2.75) is 13.3 Å². The number of hydrogen-bond donors (Lipinski definition) is 3. The smallest absolute Gasteiger partial charge is 0.182 e. The molecule has 0 saturated carbocycles. The van der Waals surface area contributed by atoms with E-state index in [1.165, 1.54) is 12.1 Å². The largest absolute Gasteiger partial charge is 0.508 e. The Bertz CT molecular complexity index is 1370. The van der Waals surface area contributed by atoms with Crippen LogP contribution >= 0.6 is 12.4 Å². The number of nitrogens with one attached hydrogen (secondary N) is 2. The molecule has 0 aliphatic carbocycles. The van der Waals surface area contributed by atoms with Gasteiger partial charge in [-0.25, -0.2) is 9.37 Å². The van der Waals surface area contributed by atoms with Gasteiger partial charge in [0, 0.05) is 55.6 Å². The number of hydrogen-bond acceptors (Lipinski definition) is 6. The van der Waals surface area contributed by atoms with Gasteiger partial charge in [0.15, 0.2) is 5.65 Å². The van der Waals surface area contributed by atoms with Crippen LogP contribution in [0.15, 0.2) is 42.5 Å². The summed E-state index contributed by atoms with van der Waals surface area (Å²) in [5.74, 6) is -0.686. The Labute approximate surface area is 202 Å². The molecule has 3 N–H and O–H groups in total. The lowest BCUT2D eigenvalue weighted by atomic mass is 9.93. The van der Waals surface area contributed by atoms with Crippen molar-refractivity contribution in [3.05, 3.63) is 70.8 Å². The van der Waals surface area contributed by atoms with E-state index in [2.05, 4.69) is 43.6 Å². The van der Waals surface area contributed by atoms with Crippen molar-refractivity contribution in [2.75, 3.05) is 31.1 Å². The fourth-order valence-electron chi connectivity index (χ4n) is 4.41. The van der Waals surface area contributed by atoms with Gasteiger partial charge in [0.2, 0.25) is 0 Å². The second-order valence-corrected chi connectivity index (χ2v) is 8.20. The van der Waals surface area contributed by atoms with E-state index in [1.54, 1.807) is 0 Å². The molecule has 3 heterocycles. The van der Waals surface area contributed by atoms with Crippen LogP contribution in [0.2, 0.25) is 0 Å². The van der Waals surface area contributed by atoms with Gasteiger partial charge in [-0.2, -0.15) is 10.4 Å². The predicted molar refractivity (Wildman–Crippen MR) is 132 cm³/mol. The number of anilines is 1. The third-order valence-corrected chi connectivity index (χ3v) is 6.10. The molecule has 7 nitrogen and oxygen atoms in total. The quantitative estimate of drug-likeness (QED) is 0.408. The molecule has 2 aromatic carbocycles. The molecule has 1 fully saturated rings. The molecule has 1 saturated heterocycles. The minimum atomic E-state index is -0.541. The maximum atomic E-state index is 14.4. The van der Waals surface area contributed by atoms with Crippen molar-refractivity contribution in [2.24, 2.45) is 0 Å². The zero-order valence-electron chi connectivity index (χ0n) is 18.6. The monoisotopic (exact) mass is 478 g/mol. The van der Waals surface area contributed by atoms with E-state index in [4.69, 9.17) is 0 Å². The standard InChI is InChI=1S/C25H23FN6O.ClH/c1-15-23-24(16-2-5-18(6-3-16)32-10-8-28-9-11-32)20(14-27)22(29-25(23)31-30-15)12-17-4-7-19(33)13-21(17)26;/h2-7,13,28,33H,8-12H2,1H3,(H,29,30,31);1H. The average molecular weight is 479 g/mol. The number of phenolic OH excluding ortho intramolecular Hbond substituents is 1. The molecule has 0 radical (unpaired) electrons. The van der Waals surface area contributed by atoms with E-state index in [9.17, 15) is 14.8 Å². The highest BCUT2D eigenvalue weighted by molar-refractivity contribution is 5.98. The van der Waals surface area contributed by atoms with Gasteiger partial charge in [-0.1, -0.05) is 18.2 Å². The Morgan fingerprint density at radius 2 is 1.88 bits per heavy atom. The number of nitrogens with zero attached hydrogens (tertiary/aromatic N) is 4. The molecule has 0 atom stereocenters. The lowest BCUT2D eigenvalue weighted by molar-refractivity contribution is 0.468. The molecule has 1 aliphatic rings. The zero-order valence-corrected chi connectivity index (χ0v) is 19.4. The Morgan fingerprint density at radius 3 is 2.56 bits per heavy atom. The summed E-state index contributed by atoms with van der Waals surface area (Å²) < 4.78 is 14.4. The number of benzene rings is 2. The summed E-state index contributed by atoms with van der Waals surface area (Å²) in [6, 6.07) is 14.5. The summed E-state index contributed by atoms with van der Waals surface area (Å²) in [4.78, 5) is 6.92. The first-order valence-corrected chi connectivity index (χ1v) is 10.9. The Balaban J connectivity index is 0.00000274. The highest BCUT2D eigenvalue weighted by Crippen LogP contribution is 2.35. The fraction of sp³-hybridized carbons (Fsp3) is 0.240. The number of aryl methyl sites for hydroxylation is 1. The van der Waals surface area contributed by atoms with Crippen LogP contribution in [-0.4, -0.2) is 46.5 Å². The number of rotatable bonds is 4. The second-order valence-electron chi connectivity index (χ2n) is 8.20. The molecule has 1 aliphatic heterocycles. The summed E-state index contributed by atoms with van der Waals surface area (Å²) >= 11 is 0. The van der Waals surface area contributed by atoms with E-state index in [-0.39, 0.29) is 24.6 Å². The van der Waals surface area contributed by atoms with Crippen LogP contribution < -0.4 is 10.2 Å². The van der Waals surface area contributed by atoms with Gasteiger partial charge < -0.3 is 15.3 Å². The van der Waals surface area contributed by atoms with Crippen molar-refractivity contribution in [1.82, 2.24) is 20.5 Å². The summed E-state index contributed by atoms with van der Waals surface area (Å²) in [5.41, 5.74) is 5.27.